The lowest BCUT2D eigenvalue weighted by Gasteiger charge is -2.12. The zero-order chi connectivity index (χ0) is 20.7. The highest BCUT2D eigenvalue weighted by atomic mass is 32.2. The Morgan fingerprint density at radius 2 is 1.68 bits per heavy atom. The van der Waals surface area contributed by atoms with Crippen LogP contribution < -0.4 is 15.4 Å². The first-order chi connectivity index (χ1) is 13.2. The van der Waals surface area contributed by atoms with Crippen molar-refractivity contribution in [2.75, 3.05) is 11.9 Å². The van der Waals surface area contributed by atoms with E-state index in [2.05, 4.69) is 21.3 Å². The van der Waals surface area contributed by atoms with Crippen molar-refractivity contribution in [1.82, 2.24) is 10.0 Å². The van der Waals surface area contributed by atoms with Crippen molar-refractivity contribution in [2.24, 2.45) is 0 Å². The van der Waals surface area contributed by atoms with Gasteiger partial charge in [-0.05, 0) is 50.2 Å². The summed E-state index contributed by atoms with van der Waals surface area (Å²) in [7, 11) is -3.64. The number of nitrogens with one attached hydrogen (secondary N) is 3. The maximum Gasteiger partial charge on any atom is 0.255 e. The standard InChI is InChI=1S/C20H21N3O4S/c1-4-13-21-20(25)17-7-5-6-8-18(17)22-19(24)15-9-11-16(12-10-15)28(26,27)23-14(2)3/h1,5-12,14,23H,13H2,2-3H3,(H,21,25)(H,22,24). The first kappa shape index (κ1) is 21.2. The largest absolute Gasteiger partial charge is 0.341 e. The van der Waals surface area contributed by atoms with Gasteiger partial charge in [-0.25, -0.2) is 13.1 Å². The quantitative estimate of drug-likeness (QED) is 0.619. The van der Waals surface area contributed by atoms with E-state index in [1.165, 1.54) is 24.3 Å². The van der Waals surface area contributed by atoms with E-state index in [0.29, 0.717) is 5.69 Å². The first-order valence-corrected chi connectivity index (χ1v) is 9.97. The van der Waals surface area contributed by atoms with Gasteiger partial charge in [-0.1, -0.05) is 18.1 Å². The lowest BCUT2D eigenvalue weighted by molar-refractivity contribution is 0.0959. The molecule has 0 saturated carbocycles. The minimum atomic E-state index is -3.64. The number of hydrogen-bond acceptors (Lipinski definition) is 4. The molecule has 0 spiro atoms. The third kappa shape index (κ3) is 5.42. The molecule has 0 aliphatic rings. The van der Waals surface area contributed by atoms with Crippen molar-refractivity contribution in [3.05, 3.63) is 59.7 Å². The van der Waals surface area contributed by atoms with Gasteiger partial charge in [0.05, 0.1) is 22.7 Å². The van der Waals surface area contributed by atoms with Gasteiger partial charge >= 0.3 is 0 Å². The molecule has 0 bridgehead atoms. The van der Waals surface area contributed by atoms with Crippen molar-refractivity contribution < 1.29 is 18.0 Å². The molecule has 8 heteroatoms. The maximum atomic E-state index is 12.5. The number of hydrogen-bond donors (Lipinski definition) is 3. The number of amides is 2. The summed E-state index contributed by atoms with van der Waals surface area (Å²) < 4.78 is 26.8. The molecular formula is C20H21N3O4S. The molecule has 0 aromatic heterocycles. The van der Waals surface area contributed by atoms with Crippen LogP contribution in [0.1, 0.15) is 34.6 Å². The van der Waals surface area contributed by atoms with Crippen molar-refractivity contribution >= 4 is 27.5 Å². The van der Waals surface area contributed by atoms with Gasteiger partial charge in [-0.2, -0.15) is 0 Å². The average molecular weight is 399 g/mol. The second-order valence-electron chi connectivity index (χ2n) is 6.19. The van der Waals surface area contributed by atoms with Gasteiger partial charge in [0.15, 0.2) is 0 Å². The Bertz CT molecular complexity index is 1010. The van der Waals surface area contributed by atoms with Gasteiger partial charge in [0, 0.05) is 11.6 Å². The fourth-order valence-corrected chi connectivity index (χ4v) is 3.63. The first-order valence-electron chi connectivity index (χ1n) is 8.49. The van der Waals surface area contributed by atoms with Crippen molar-refractivity contribution in [2.45, 2.75) is 24.8 Å². The molecule has 0 unspecified atom stereocenters. The fraction of sp³-hybridized carbons (Fsp3) is 0.200. The predicted molar refractivity (Wildman–Crippen MR) is 107 cm³/mol. The summed E-state index contributed by atoms with van der Waals surface area (Å²) in [5.74, 6) is 1.43. The lowest BCUT2D eigenvalue weighted by Crippen LogP contribution is -2.30. The summed E-state index contributed by atoms with van der Waals surface area (Å²) in [5.41, 5.74) is 0.842. The van der Waals surface area contributed by atoms with Gasteiger partial charge in [0.1, 0.15) is 0 Å². The Morgan fingerprint density at radius 3 is 2.29 bits per heavy atom. The number of carbonyl (C=O) groups is 2. The number of terminal acetylenes is 1. The van der Waals surface area contributed by atoms with Crippen LogP contribution in [0.3, 0.4) is 0 Å². The van der Waals surface area contributed by atoms with Crippen LogP contribution in [0.2, 0.25) is 0 Å². The summed E-state index contributed by atoms with van der Waals surface area (Å²) in [4.78, 5) is 24.7. The SMILES string of the molecule is C#CCNC(=O)c1ccccc1NC(=O)c1ccc(S(=O)(=O)NC(C)C)cc1. The predicted octanol–water partition coefficient (Wildman–Crippen LogP) is 1.99. The molecule has 2 aromatic rings. The molecule has 0 heterocycles. The smallest absolute Gasteiger partial charge is 0.255 e. The molecule has 2 aromatic carbocycles. The highest BCUT2D eigenvalue weighted by molar-refractivity contribution is 7.89. The van der Waals surface area contributed by atoms with E-state index in [-0.39, 0.29) is 28.6 Å². The van der Waals surface area contributed by atoms with Crippen molar-refractivity contribution in [3.63, 3.8) is 0 Å². The monoisotopic (exact) mass is 399 g/mol. The number of sulfonamides is 1. The van der Waals surface area contributed by atoms with Crippen LogP contribution in [-0.2, 0) is 10.0 Å². The normalized spacial score (nSPS) is 10.9. The van der Waals surface area contributed by atoms with E-state index in [4.69, 9.17) is 6.42 Å². The van der Waals surface area contributed by atoms with Crippen molar-refractivity contribution in [1.29, 1.82) is 0 Å². The van der Waals surface area contributed by atoms with E-state index >= 15 is 0 Å². The minimum absolute atomic E-state index is 0.0619. The number of carbonyl (C=O) groups excluding carboxylic acids is 2. The summed E-state index contributed by atoms with van der Waals surface area (Å²) in [6.07, 6.45) is 5.14. The summed E-state index contributed by atoms with van der Waals surface area (Å²) in [6.45, 7) is 3.51. The van der Waals surface area contributed by atoms with Crippen LogP contribution in [-0.4, -0.2) is 32.8 Å². The Balaban J connectivity index is 2.18. The number of benzene rings is 2. The Morgan fingerprint density at radius 1 is 1.04 bits per heavy atom. The highest BCUT2D eigenvalue weighted by Crippen LogP contribution is 2.17. The maximum absolute atomic E-state index is 12.5. The van der Waals surface area contributed by atoms with E-state index in [1.807, 2.05) is 0 Å². The Labute approximate surface area is 164 Å². The molecule has 0 aliphatic carbocycles. The summed E-state index contributed by atoms with van der Waals surface area (Å²) >= 11 is 0. The molecular weight excluding hydrogens is 378 g/mol. The Hall–Kier alpha value is -3.15. The molecule has 2 rings (SSSR count). The zero-order valence-corrected chi connectivity index (χ0v) is 16.3. The number of anilines is 1. The third-order valence-electron chi connectivity index (χ3n) is 3.59. The second-order valence-corrected chi connectivity index (χ2v) is 7.90. The number of para-hydroxylation sites is 1. The van der Waals surface area contributed by atoms with Gasteiger partial charge in [-0.3, -0.25) is 9.59 Å². The highest BCUT2D eigenvalue weighted by Gasteiger charge is 2.17. The molecule has 0 radical (unpaired) electrons. The molecule has 28 heavy (non-hydrogen) atoms. The fourth-order valence-electron chi connectivity index (χ4n) is 2.37. The van der Waals surface area contributed by atoms with Crippen LogP contribution in [0.15, 0.2) is 53.4 Å². The third-order valence-corrected chi connectivity index (χ3v) is 5.26. The summed E-state index contributed by atoms with van der Waals surface area (Å²) in [5, 5.41) is 5.20. The Kier molecular flexibility index (Phi) is 6.93. The van der Waals surface area contributed by atoms with Gasteiger partial charge in [0.2, 0.25) is 10.0 Å². The van der Waals surface area contributed by atoms with E-state index in [1.54, 1.807) is 38.1 Å². The van der Waals surface area contributed by atoms with E-state index in [9.17, 15) is 18.0 Å². The van der Waals surface area contributed by atoms with E-state index < -0.39 is 21.8 Å². The second kappa shape index (κ2) is 9.17. The van der Waals surface area contributed by atoms with Crippen LogP contribution in [0, 0.1) is 12.3 Å². The molecule has 0 aliphatic heterocycles. The average Bonchev–Trinajstić information content (AvgIpc) is 2.65. The van der Waals surface area contributed by atoms with Crippen LogP contribution >= 0.6 is 0 Å². The van der Waals surface area contributed by atoms with Gasteiger partial charge in [-0.15, -0.1) is 6.42 Å². The molecule has 0 saturated heterocycles. The van der Waals surface area contributed by atoms with Gasteiger partial charge < -0.3 is 10.6 Å². The topological polar surface area (TPSA) is 104 Å². The van der Waals surface area contributed by atoms with E-state index in [0.717, 1.165) is 0 Å². The van der Waals surface area contributed by atoms with Crippen molar-refractivity contribution in [3.8, 4) is 12.3 Å². The number of rotatable bonds is 7. The molecule has 7 nitrogen and oxygen atoms in total. The molecule has 0 fully saturated rings. The molecule has 2 amide bonds. The lowest BCUT2D eigenvalue weighted by atomic mass is 10.1. The minimum Gasteiger partial charge on any atom is -0.341 e. The van der Waals surface area contributed by atoms with Crippen LogP contribution in [0.25, 0.3) is 0 Å². The summed E-state index contributed by atoms with van der Waals surface area (Å²) in [6, 6.07) is 11.8. The molecule has 146 valence electrons. The van der Waals surface area contributed by atoms with Crippen LogP contribution in [0.5, 0.6) is 0 Å². The van der Waals surface area contributed by atoms with Gasteiger partial charge in [0.25, 0.3) is 11.8 Å². The molecule has 3 N–H and O–H groups in total. The van der Waals surface area contributed by atoms with Crippen LogP contribution in [0.4, 0.5) is 5.69 Å². The molecule has 0 atom stereocenters. The zero-order valence-electron chi connectivity index (χ0n) is 15.5.